The standard InChI is InChI=1S/C27H40N/c1-19-16-20(27(8)14-10-11-15-27)12-13-21(19)24-17-22(25(2,3)4)23(18-28(24)9)26(5,6)7/h12-13,16-18H,10-11,14-15H2,1-9H3/q+1. The van der Waals surface area contributed by atoms with E-state index in [0.717, 1.165) is 0 Å². The minimum absolute atomic E-state index is 0.122. The molecule has 1 heterocycles. The average molecular weight is 379 g/mol. The molecule has 0 unspecified atom stereocenters. The largest absolute Gasteiger partial charge is 0.212 e. The molecule has 1 fully saturated rings. The van der Waals surface area contributed by atoms with E-state index in [1.54, 1.807) is 0 Å². The summed E-state index contributed by atoms with van der Waals surface area (Å²) in [6.45, 7) is 18.7. The zero-order valence-electron chi connectivity index (χ0n) is 19.7. The van der Waals surface area contributed by atoms with Crippen molar-refractivity contribution in [3.8, 4) is 11.3 Å². The van der Waals surface area contributed by atoms with Crippen LogP contribution >= 0.6 is 0 Å². The van der Waals surface area contributed by atoms with Crippen LogP contribution in [0.2, 0.25) is 0 Å². The van der Waals surface area contributed by atoms with Crippen molar-refractivity contribution in [1.82, 2.24) is 0 Å². The Balaban J connectivity index is 2.14. The van der Waals surface area contributed by atoms with Gasteiger partial charge in [-0.05, 0) is 58.8 Å². The van der Waals surface area contributed by atoms with Crippen molar-refractivity contribution in [2.75, 3.05) is 0 Å². The van der Waals surface area contributed by atoms with Gasteiger partial charge >= 0.3 is 0 Å². The van der Waals surface area contributed by atoms with E-state index in [-0.39, 0.29) is 10.8 Å². The van der Waals surface area contributed by atoms with Gasteiger partial charge in [0.1, 0.15) is 7.05 Å². The number of hydrogen-bond acceptors (Lipinski definition) is 0. The van der Waals surface area contributed by atoms with Crippen molar-refractivity contribution in [2.24, 2.45) is 7.05 Å². The molecule has 1 saturated carbocycles. The van der Waals surface area contributed by atoms with Crippen LogP contribution in [0.15, 0.2) is 30.5 Å². The third kappa shape index (κ3) is 3.91. The van der Waals surface area contributed by atoms with Gasteiger partial charge in [0.2, 0.25) is 5.69 Å². The lowest BCUT2D eigenvalue weighted by Gasteiger charge is -2.29. The first-order valence-corrected chi connectivity index (χ1v) is 11.0. The van der Waals surface area contributed by atoms with Gasteiger partial charge in [-0.15, -0.1) is 0 Å². The van der Waals surface area contributed by atoms with Crippen LogP contribution in [0.1, 0.15) is 96.4 Å². The summed E-state index contributed by atoms with van der Waals surface area (Å²) in [7, 11) is 2.20. The van der Waals surface area contributed by atoms with Crippen LogP contribution in [0.4, 0.5) is 0 Å². The summed E-state index contributed by atoms with van der Waals surface area (Å²) in [5, 5.41) is 0. The Labute approximate surface area is 173 Å². The van der Waals surface area contributed by atoms with E-state index < -0.39 is 0 Å². The van der Waals surface area contributed by atoms with Crippen molar-refractivity contribution in [1.29, 1.82) is 0 Å². The Morgan fingerprint density at radius 3 is 1.93 bits per heavy atom. The number of nitrogens with zero attached hydrogens (tertiary/aromatic N) is 1. The fourth-order valence-corrected chi connectivity index (χ4v) is 4.91. The van der Waals surface area contributed by atoms with E-state index in [4.69, 9.17) is 0 Å². The second-order valence-corrected chi connectivity index (χ2v) is 11.4. The van der Waals surface area contributed by atoms with Crippen LogP contribution in [-0.2, 0) is 23.3 Å². The smallest absolute Gasteiger partial charge is 0.201 e. The van der Waals surface area contributed by atoms with Gasteiger partial charge in [-0.1, -0.05) is 73.4 Å². The lowest BCUT2D eigenvalue weighted by atomic mass is 9.75. The molecule has 28 heavy (non-hydrogen) atoms. The molecular formula is C27H40N+. The summed E-state index contributed by atoms with van der Waals surface area (Å²) >= 11 is 0. The molecule has 1 aromatic heterocycles. The summed E-state index contributed by atoms with van der Waals surface area (Å²) in [5.41, 5.74) is 9.13. The van der Waals surface area contributed by atoms with Gasteiger partial charge in [0.15, 0.2) is 6.20 Å². The van der Waals surface area contributed by atoms with Crippen LogP contribution in [0.25, 0.3) is 11.3 Å². The topological polar surface area (TPSA) is 3.88 Å². The van der Waals surface area contributed by atoms with Crippen LogP contribution in [-0.4, -0.2) is 0 Å². The summed E-state index contributed by atoms with van der Waals surface area (Å²) < 4.78 is 2.33. The predicted molar refractivity (Wildman–Crippen MR) is 121 cm³/mol. The summed E-state index contributed by atoms with van der Waals surface area (Å²) in [4.78, 5) is 0. The fourth-order valence-electron chi connectivity index (χ4n) is 4.91. The van der Waals surface area contributed by atoms with E-state index >= 15 is 0 Å². The number of hydrogen-bond donors (Lipinski definition) is 0. The molecule has 1 nitrogen and oxygen atoms in total. The Hall–Kier alpha value is -1.63. The highest BCUT2D eigenvalue weighted by molar-refractivity contribution is 5.63. The van der Waals surface area contributed by atoms with Gasteiger partial charge in [0, 0.05) is 17.2 Å². The lowest BCUT2D eigenvalue weighted by molar-refractivity contribution is -0.661. The Morgan fingerprint density at radius 2 is 1.43 bits per heavy atom. The Morgan fingerprint density at radius 1 is 0.857 bits per heavy atom. The van der Waals surface area contributed by atoms with Gasteiger partial charge in [0.25, 0.3) is 0 Å². The Kier molecular flexibility index (Phi) is 5.28. The number of rotatable bonds is 2. The molecule has 1 aromatic carbocycles. The van der Waals surface area contributed by atoms with E-state index in [0.29, 0.717) is 5.41 Å². The van der Waals surface area contributed by atoms with Gasteiger partial charge in [0.05, 0.1) is 0 Å². The summed E-state index contributed by atoms with van der Waals surface area (Å²) in [6.07, 6.45) is 7.76. The van der Waals surface area contributed by atoms with Crippen molar-refractivity contribution in [2.45, 2.75) is 97.3 Å². The number of aryl methyl sites for hydroxylation is 2. The normalized spacial score (nSPS) is 17.2. The third-order valence-electron chi connectivity index (χ3n) is 6.80. The molecule has 0 spiro atoms. The number of benzene rings is 1. The van der Waals surface area contributed by atoms with Crippen LogP contribution in [0.3, 0.4) is 0 Å². The zero-order valence-corrected chi connectivity index (χ0v) is 19.7. The molecule has 1 heteroatoms. The second kappa shape index (κ2) is 7.01. The number of aromatic nitrogens is 1. The van der Waals surface area contributed by atoms with E-state index in [1.807, 2.05) is 0 Å². The van der Waals surface area contributed by atoms with Gasteiger partial charge in [-0.3, -0.25) is 0 Å². The van der Waals surface area contributed by atoms with E-state index in [2.05, 4.69) is 97.5 Å². The average Bonchev–Trinajstić information content (AvgIpc) is 3.01. The number of pyridine rings is 1. The first kappa shape index (κ1) is 21.1. The molecule has 0 radical (unpaired) electrons. The monoisotopic (exact) mass is 378 g/mol. The summed E-state index contributed by atoms with van der Waals surface area (Å²) in [5.74, 6) is 0. The molecule has 2 aromatic rings. The van der Waals surface area contributed by atoms with E-state index in [9.17, 15) is 0 Å². The van der Waals surface area contributed by atoms with E-state index in [1.165, 1.54) is 59.2 Å². The maximum absolute atomic E-state index is 2.45. The van der Waals surface area contributed by atoms with Gasteiger partial charge in [-0.2, -0.15) is 0 Å². The fraction of sp³-hybridized carbons (Fsp3) is 0.593. The quantitative estimate of drug-likeness (QED) is 0.500. The van der Waals surface area contributed by atoms with Crippen molar-refractivity contribution < 1.29 is 4.57 Å². The molecule has 1 aliphatic carbocycles. The van der Waals surface area contributed by atoms with Crippen LogP contribution in [0, 0.1) is 6.92 Å². The van der Waals surface area contributed by atoms with Crippen molar-refractivity contribution in [3.63, 3.8) is 0 Å². The molecule has 0 amide bonds. The highest BCUT2D eigenvalue weighted by atomic mass is 14.9. The predicted octanol–water partition coefficient (Wildman–Crippen LogP) is 6.91. The van der Waals surface area contributed by atoms with Crippen molar-refractivity contribution in [3.05, 3.63) is 52.7 Å². The molecule has 0 aliphatic heterocycles. The maximum atomic E-state index is 2.45. The van der Waals surface area contributed by atoms with Gasteiger partial charge in [-0.25, -0.2) is 4.57 Å². The molecule has 0 saturated heterocycles. The highest BCUT2D eigenvalue weighted by Crippen LogP contribution is 2.42. The van der Waals surface area contributed by atoms with Crippen molar-refractivity contribution >= 4 is 0 Å². The van der Waals surface area contributed by atoms with Crippen LogP contribution in [0.5, 0.6) is 0 Å². The molecule has 0 bridgehead atoms. The zero-order chi connectivity index (χ0) is 20.9. The second-order valence-electron chi connectivity index (χ2n) is 11.4. The maximum Gasteiger partial charge on any atom is 0.212 e. The molecule has 3 rings (SSSR count). The molecule has 1 aliphatic rings. The highest BCUT2D eigenvalue weighted by Gasteiger charge is 2.32. The first-order chi connectivity index (χ1) is 12.8. The minimum atomic E-state index is 0.122. The SMILES string of the molecule is Cc1cc(C2(C)CCCC2)ccc1-c1cc(C(C)(C)C)c(C(C)(C)C)c[n+]1C. The third-order valence-corrected chi connectivity index (χ3v) is 6.80. The molecular weight excluding hydrogens is 338 g/mol. The van der Waals surface area contributed by atoms with Gasteiger partial charge < -0.3 is 0 Å². The minimum Gasteiger partial charge on any atom is -0.201 e. The van der Waals surface area contributed by atoms with Crippen LogP contribution < -0.4 is 4.57 Å². The molecule has 0 N–H and O–H groups in total. The molecule has 152 valence electrons. The lowest BCUT2D eigenvalue weighted by Crippen LogP contribution is -2.36. The first-order valence-electron chi connectivity index (χ1n) is 11.0. The molecule has 0 atom stereocenters. The Bertz CT molecular complexity index is 868. The summed E-state index contributed by atoms with van der Waals surface area (Å²) in [6, 6.07) is 9.66.